The highest BCUT2D eigenvalue weighted by Crippen LogP contribution is 2.15. The lowest BCUT2D eigenvalue weighted by molar-refractivity contribution is -0.333. The second-order valence-corrected chi connectivity index (χ2v) is 2.85. The molecule has 0 aliphatic rings. The van der Waals surface area contributed by atoms with Crippen LogP contribution in [0, 0.1) is 0 Å². The SMILES string of the molecule is CCOC(=O)C[C@@](O)(CC(=O)[O-])C(=O)[O-]. The van der Waals surface area contributed by atoms with E-state index in [0.717, 1.165) is 0 Å². The van der Waals surface area contributed by atoms with Crippen molar-refractivity contribution >= 4 is 17.9 Å². The normalized spacial score (nSPS) is 14.0. The van der Waals surface area contributed by atoms with Gasteiger partial charge in [0.25, 0.3) is 0 Å². The summed E-state index contributed by atoms with van der Waals surface area (Å²) < 4.78 is 4.37. The van der Waals surface area contributed by atoms with Crippen molar-refractivity contribution in [1.29, 1.82) is 0 Å². The summed E-state index contributed by atoms with van der Waals surface area (Å²) in [7, 11) is 0. The van der Waals surface area contributed by atoms with Crippen LogP contribution < -0.4 is 10.2 Å². The minimum atomic E-state index is -2.79. The van der Waals surface area contributed by atoms with Gasteiger partial charge in [-0.1, -0.05) is 0 Å². The Morgan fingerprint density at radius 3 is 2.13 bits per heavy atom. The summed E-state index contributed by atoms with van der Waals surface area (Å²) in [6.07, 6.45) is -2.22. The van der Waals surface area contributed by atoms with E-state index < -0.39 is 36.4 Å². The van der Waals surface area contributed by atoms with Crippen molar-refractivity contribution < 1.29 is 34.4 Å². The third-order valence-electron chi connectivity index (χ3n) is 1.56. The van der Waals surface area contributed by atoms with E-state index in [-0.39, 0.29) is 6.61 Å². The smallest absolute Gasteiger partial charge is 0.309 e. The molecule has 0 aliphatic heterocycles. The van der Waals surface area contributed by atoms with Crippen LogP contribution in [0.5, 0.6) is 0 Å². The molecule has 0 bridgehead atoms. The number of aliphatic hydroxyl groups is 1. The molecular formula is C8H10O7-2. The Morgan fingerprint density at radius 2 is 1.80 bits per heavy atom. The van der Waals surface area contributed by atoms with Gasteiger partial charge in [-0.25, -0.2) is 0 Å². The number of carboxylic acid groups (broad SMARTS) is 2. The molecular weight excluding hydrogens is 208 g/mol. The lowest BCUT2D eigenvalue weighted by Gasteiger charge is -2.28. The summed E-state index contributed by atoms with van der Waals surface area (Å²) >= 11 is 0. The van der Waals surface area contributed by atoms with Crippen LogP contribution >= 0.6 is 0 Å². The van der Waals surface area contributed by atoms with E-state index in [1.807, 2.05) is 0 Å². The maximum Gasteiger partial charge on any atom is 0.309 e. The van der Waals surface area contributed by atoms with Crippen molar-refractivity contribution in [2.24, 2.45) is 0 Å². The maximum absolute atomic E-state index is 10.9. The van der Waals surface area contributed by atoms with Crippen LogP contribution in [-0.4, -0.2) is 35.2 Å². The zero-order chi connectivity index (χ0) is 12.1. The fraction of sp³-hybridized carbons (Fsp3) is 0.625. The Bertz CT molecular complexity index is 272. The first-order valence-corrected chi connectivity index (χ1v) is 4.11. The second-order valence-electron chi connectivity index (χ2n) is 2.85. The Morgan fingerprint density at radius 1 is 1.27 bits per heavy atom. The van der Waals surface area contributed by atoms with E-state index in [1.165, 1.54) is 6.92 Å². The third kappa shape index (κ3) is 4.41. The third-order valence-corrected chi connectivity index (χ3v) is 1.56. The van der Waals surface area contributed by atoms with E-state index in [1.54, 1.807) is 0 Å². The van der Waals surface area contributed by atoms with Gasteiger partial charge in [0, 0.05) is 12.4 Å². The highest BCUT2D eigenvalue weighted by atomic mass is 16.5. The number of carbonyl (C=O) groups excluding carboxylic acids is 3. The molecule has 7 nitrogen and oxygen atoms in total. The van der Waals surface area contributed by atoms with Gasteiger partial charge in [-0.3, -0.25) is 4.79 Å². The maximum atomic E-state index is 10.9. The molecule has 0 unspecified atom stereocenters. The Balaban J connectivity index is 4.58. The van der Waals surface area contributed by atoms with Gasteiger partial charge in [-0.2, -0.15) is 0 Å². The fourth-order valence-corrected chi connectivity index (χ4v) is 0.896. The summed E-state index contributed by atoms with van der Waals surface area (Å²) in [4.78, 5) is 31.4. The van der Waals surface area contributed by atoms with E-state index in [0.29, 0.717) is 0 Å². The number of carbonyl (C=O) groups is 3. The first-order chi connectivity index (χ1) is 6.81. The van der Waals surface area contributed by atoms with Crippen molar-refractivity contribution in [2.75, 3.05) is 6.61 Å². The molecule has 0 fully saturated rings. The monoisotopic (exact) mass is 218 g/mol. The molecule has 0 amide bonds. The molecule has 0 spiro atoms. The van der Waals surface area contributed by atoms with E-state index >= 15 is 0 Å². The highest BCUT2D eigenvalue weighted by Gasteiger charge is 2.32. The van der Waals surface area contributed by atoms with Crippen molar-refractivity contribution in [3.63, 3.8) is 0 Å². The van der Waals surface area contributed by atoms with Gasteiger partial charge in [-0.05, 0) is 6.92 Å². The van der Waals surface area contributed by atoms with Crippen LogP contribution in [0.4, 0.5) is 0 Å². The molecule has 0 rings (SSSR count). The number of ether oxygens (including phenoxy) is 1. The number of carboxylic acids is 2. The molecule has 0 saturated heterocycles. The van der Waals surface area contributed by atoms with Crippen molar-refractivity contribution in [3.05, 3.63) is 0 Å². The molecule has 15 heavy (non-hydrogen) atoms. The largest absolute Gasteiger partial charge is 0.550 e. The molecule has 0 heterocycles. The molecule has 0 aromatic carbocycles. The van der Waals surface area contributed by atoms with Gasteiger partial charge in [0.05, 0.1) is 19.0 Å². The molecule has 0 saturated carbocycles. The number of hydrogen-bond donors (Lipinski definition) is 1. The van der Waals surface area contributed by atoms with Crippen LogP contribution in [0.25, 0.3) is 0 Å². The Kier molecular flexibility index (Phi) is 4.72. The first kappa shape index (κ1) is 13.4. The highest BCUT2D eigenvalue weighted by molar-refractivity contribution is 5.87. The standard InChI is InChI=1S/C8H12O7/c1-2-15-6(11)4-8(14,7(12)13)3-5(9)10/h14H,2-4H2,1H3,(H,9,10)(H,12,13)/p-2/t8-/m0/s1. The van der Waals surface area contributed by atoms with Gasteiger partial charge in [-0.15, -0.1) is 0 Å². The van der Waals surface area contributed by atoms with E-state index in [4.69, 9.17) is 0 Å². The first-order valence-electron chi connectivity index (χ1n) is 4.11. The number of esters is 1. The minimum absolute atomic E-state index is 0.00666. The van der Waals surface area contributed by atoms with Gasteiger partial charge < -0.3 is 29.6 Å². The van der Waals surface area contributed by atoms with Crippen molar-refractivity contribution in [3.8, 4) is 0 Å². The van der Waals surface area contributed by atoms with Gasteiger partial charge >= 0.3 is 5.97 Å². The Labute approximate surface area is 85.3 Å². The van der Waals surface area contributed by atoms with Crippen molar-refractivity contribution in [1.82, 2.24) is 0 Å². The Hall–Kier alpha value is -1.63. The summed E-state index contributed by atoms with van der Waals surface area (Å²) in [6.45, 7) is 1.47. The fourth-order valence-electron chi connectivity index (χ4n) is 0.896. The van der Waals surface area contributed by atoms with Crippen LogP contribution in [0.3, 0.4) is 0 Å². The molecule has 0 aliphatic carbocycles. The summed E-state index contributed by atoms with van der Waals surface area (Å²) in [6, 6.07) is 0. The summed E-state index contributed by atoms with van der Waals surface area (Å²) in [5, 5.41) is 29.9. The molecule has 7 heteroatoms. The van der Waals surface area contributed by atoms with Crippen LogP contribution in [0.15, 0.2) is 0 Å². The quantitative estimate of drug-likeness (QED) is 0.459. The van der Waals surface area contributed by atoms with Crippen LogP contribution in [-0.2, 0) is 19.1 Å². The van der Waals surface area contributed by atoms with Gasteiger partial charge in [0.2, 0.25) is 0 Å². The topological polar surface area (TPSA) is 127 Å². The predicted molar refractivity (Wildman–Crippen MR) is 40.8 cm³/mol. The molecule has 86 valence electrons. The zero-order valence-corrected chi connectivity index (χ0v) is 8.02. The van der Waals surface area contributed by atoms with E-state index in [2.05, 4.69) is 4.74 Å². The average molecular weight is 218 g/mol. The number of rotatable bonds is 6. The van der Waals surface area contributed by atoms with Gasteiger partial charge in [0.1, 0.15) is 5.60 Å². The minimum Gasteiger partial charge on any atom is -0.550 e. The molecule has 1 N–H and O–H groups in total. The molecule has 0 aromatic rings. The predicted octanol–water partition coefficient (Wildman–Crippen LogP) is -3.44. The van der Waals surface area contributed by atoms with Gasteiger partial charge in [0.15, 0.2) is 0 Å². The average Bonchev–Trinajstić information content (AvgIpc) is 2.01. The van der Waals surface area contributed by atoms with Crippen molar-refractivity contribution in [2.45, 2.75) is 25.4 Å². The number of hydrogen-bond acceptors (Lipinski definition) is 7. The zero-order valence-electron chi connectivity index (χ0n) is 8.02. The summed E-state index contributed by atoms with van der Waals surface area (Å²) in [5.41, 5.74) is -2.79. The lowest BCUT2D eigenvalue weighted by Crippen LogP contribution is -2.52. The second kappa shape index (κ2) is 5.30. The van der Waals surface area contributed by atoms with E-state index in [9.17, 15) is 29.7 Å². The summed E-state index contributed by atoms with van der Waals surface area (Å²) in [5.74, 6) is -4.88. The molecule has 1 atom stereocenters. The molecule has 0 aromatic heterocycles. The van der Waals surface area contributed by atoms with Crippen LogP contribution in [0.1, 0.15) is 19.8 Å². The molecule has 0 radical (unpaired) electrons. The lowest BCUT2D eigenvalue weighted by atomic mass is 9.96. The van der Waals surface area contributed by atoms with Crippen LogP contribution in [0.2, 0.25) is 0 Å². The number of aliphatic carboxylic acids is 2.